The first-order chi connectivity index (χ1) is 8.62. The van der Waals surface area contributed by atoms with Crippen molar-refractivity contribution in [1.29, 1.82) is 0 Å². The van der Waals surface area contributed by atoms with E-state index in [-0.39, 0.29) is 0 Å². The van der Waals surface area contributed by atoms with E-state index >= 15 is 0 Å². The highest BCUT2D eigenvalue weighted by Crippen LogP contribution is 2.27. The third kappa shape index (κ3) is 4.46. The van der Waals surface area contributed by atoms with Crippen molar-refractivity contribution in [2.75, 3.05) is 0 Å². The average Bonchev–Trinajstić information content (AvgIpc) is 2.38. The molecule has 1 N–H and O–H groups in total. The molecule has 0 bridgehead atoms. The number of hydrogen-bond donors (Lipinski definition) is 1. The highest BCUT2D eigenvalue weighted by atomic mass is 35.5. The van der Waals surface area contributed by atoms with E-state index < -0.39 is 0 Å². The predicted molar refractivity (Wildman–Crippen MR) is 81.6 cm³/mol. The summed E-state index contributed by atoms with van der Waals surface area (Å²) in [6, 6.07) is 6.85. The van der Waals surface area contributed by atoms with Crippen molar-refractivity contribution >= 4 is 23.2 Å². The normalized spacial score (nSPS) is 14.5. The number of halogens is 2. The lowest BCUT2D eigenvalue weighted by atomic mass is 10.0. The fourth-order valence-corrected chi connectivity index (χ4v) is 2.52. The van der Waals surface area contributed by atoms with Gasteiger partial charge in [-0.15, -0.1) is 0 Å². The predicted octanol–water partition coefficient (Wildman–Crippen LogP) is 5.61. The van der Waals surface area contributed by atoms with Crippen LogP contribution in [0.1, 0.15) is 58.1 Å². The number of rotatable bonds is 7. The van der Waals surface area contributed by atoms with E-state index in [1.807, 2.05) is 12.1 Å². The zero-order valence-electron chi connectivity index (χ0n) is 11.5. The molecule has 1 aromatic carbocycles. The molecule has 0 saturated carbocycles. The molecule has 3 heteroatoms. The Morgan fingerprint density at radius 2 is 1.78 bits per heavy atom. The van der Waals surface area contributed by atoms with Crippen LogP contribution in [0.25, 0.3) is 0 Å². The molecule has 1 nitrogen and oxygen atoms in total. The lowest BCUT2D eigenvalue weighted by Crippen LogP contribution is -2.32. The molecular weight excluding hydrogens is 265 g/mol. The van der Waals surface area contributed by atoms with Crippen LogP contribution in [0.4, 0.5) is 0 Å². The summed E-state index contributed by atoms with van der Waals surface area (Å²) < 4.78 is 0. The molecule has 1 rings (SSSR count). The summed E-state index contributed by atoms with van der Waals surface area (Å²) in [5, 5.41) is 4.97. The SMILES string of the molecule is CCCC(CC)NC(CC)c1ccc(Cl)c(Cl)c1. The molecule has 0 aromatic heterocycles. The van der Waals surface area contributed by atoms with Gasteiger partial charge in [0.2, 0.25) is 0 Å². The molecule has 2 unspecified atom stereocenters. The van der Waals surface area contributed by atoms with Crippen molar-refractivity contribution in [1.82, 2.24) is 5.32 Å². The highest BCUT2D eigenvalue weighted by molar-refractivity contribution is 6.42. The van der Waals surface area contributed by atoms with Crippen LogP contribution in [0, 0.1) is 0 Å². The Morgan fingerprint density at radius 3 is 2.28 bits per heavy atom. The first-order valence-corrected chi connectivity index (χ1v) is 7.58. The van der Waals surface area contributed by atoms with Gasteiger partial charge in [0.25, 0.3) is 0 Å². The van der Waals surface area contributed by atoms with Gasteiger partial charge in [-0.25, -0.2) is 0 Å². The zero-order valence-corrected chi connectivity index (χ0v) is 13.0. The zero-order chi connectivity index (χ0) is 13.5. The number of benzene rings is 1. The Hall–Kier alpha value is -0.240. The number of nitrogens with one attached hydrogen (secondary N) is 1. The topological polar surface area (TPSA) is 12.0 Å². The van der Waals surface area contributed by atoms with E-state index in [9.17, 15) is 0 Å². The second-order valence-corrected chi connectivity index (χ2v) is 5.51. The maximum atomic E-state index is 6.09. The Bertz CT molecular complexity index is 366. The van der Waals surface area contributed by atoms with Crippen LogP contribution >= 0.6 is 23.2 Å². The first kappa shape index (κ1) is 15.8. The van der Waals surface area contributed by atoms with Crippen molar-refractivity contribution in [3.63, 3.8) is 0 Å². The summed E-state index contributed by atoms with van der Waals surface area (Å²) in [4.78, 5) is 0. The van der Waals surface area contributed by atoms with E-state index in [2.05, 4.69) is 32.2 Å². The molecule has 0 saturated heterocycles. The van der Waals surface area contributed by atoms with Crippen LogP contribution in [0.2, 0.25) is 10.0 Å². The van der Waals surface area contributed by atoms with Gasteiger partial charge in [0, 0.05) is 12.1 Å². The Balaban J connectivity index is 2.78. The second-order valence-electron chi connectivity index (χ2n) is 4.69. The number of hydrogen-bond acceptors (Lipinski definition) is 1. The van der Waals surface area contributed by atoms with E-state index in [1.165, 1.54) is 18.4 Å². The lowest BCUT2D eigenvalue weighted by molar-refractivity contribution is 0.394. The van der Waals surface area contributed by atoms with E-state index in [1.54, 1.807) is 0 Å². The molecule has 0 aliphatic rings. The summed E-state index contributed by atoms with van der Waals surface area (Å²) in [7, 11) is 0. The maximum Gasteiger partial charge on any atom is 0.0595 e. The van der Waals surface area contributed by atoms with Crippen molar-refractivity contribution in [3.8, 4) is 0 Å². The van der Waals surface area contributed by atoms with Crippen molar-refractivity contribution in [3.05, 3.63) is 33.8 Å². The van der Waals surface area contributed by atoms with Gasteiger partial charge >= 0.3 is 0 Å². The fourth-order valence-electron chi connectivity index (χ4n) is 2.22. The Morgan fingerprint density at radius 1 is 1.06 bits per heavy atom. The minimum atomic E-state index is 0.358. The van der Waals surface area contributed by atoms with Gasteiger partial charge in [-0.1, -0.05) is 56.5 Å². The highest BCUT2D eigenvalue weighted by Gasteiger charge is 2.14. The van der Waals surface area contributed by atoms with Crippen LogP contribution in [-0.2, 0) is 0 Å². The van der Waals surface area contributed by atoms with Crippen molar-refractivity contribution in [2.45, 2.75) is 58.5 Å². The van der Waals surface area contributed by atoms with Gasteiger partial charge in [0.1, 0.15) is 0 Å². The third-order valence-corrected chi connectivity index (χ3v) is 4.06. The summed E-state index contributed by atoms with van der Waals surface area (Å²) in [6.45, 7) is 6.65. The Labute approximate surface area is 121 Å². The van der Waals surface area contributed by atoms with Gasteiger partial charge in [0.05, 0.1) is 10.0 Å². The third-order valence-electron chi connectivity index (χ3n) is 3.32. The second kappa shape index (κ2) is 8.04. The molecule has 2 atom stereocenters. The molecule has 0 radical (unpaired) electrons. The van der Waals surface area contributed by atoms with Crippen LogP contribution in [0.5, 0.6) is 0 Å². The molecule has 18 heavy (non-hydrogen) atoms. The van der Waals surface area contributed by atoms with Gasteiger partial charge in [0.15, 0.2) is 0 Å². The summed E-state index contributed by atoms with van der Waals surface area (Å²) in [5.74, 6) is 0. The molecular formula is C15H23Cl2N. The molecule has 102 valence electrons. The summed E-state index contributed by atoms with van der Waals surface area (Å²) in [5.41, 5.74) is 1.22. The molecule has 0 spiro atoms. The molecule has 1 aromatic rings. The largest absolute Gasteiger partial charge is 0.307 e. The summed E-state index contributed by atoms with van der Waals surface area (Å²) >= 11 is 12.0. The van der Waals surface area contributed by atoms with Crippen LogP contribution < -0.4 is 5.32 Å². The van der Waals surface area contributed by atoms with Gasteiger partial charge in [-0.05, 0) is 37.0 Å². The smallest absolute Gasteiger partial charge is 0.0595 e. The Kier molecular flexibility index (Phi) is 7.06. The average molecular weight is 288 g/mol. The van der Waals surface area contributed by atoms with Gasteiger partial charge in [-0.3, -0.25) is 0 Å². The molecule has 0 aliphatic carbocycles. The van der Waals surface area contributed by atoms with E-state index in [0.29, 0.717) is 22.1 Å². The minimum absolute atomic E-state index is 0.358. The first-order valence-electron chi connectivity index (χ1n) is 6.83. The van der Waals surface area contributed by atoms with Crippen LogP contribution in [-0.4, -0.2) is 6.04 Å². The van der Waals surface area contributed by atoms with Crippen molar-refractivity contribution in [2.24, 2.45) is 0 Å². The molecule has 0 amide bonds. The molecule has 0 heterocycles. The van der Waals surface area contributed by atoms with E-state index in [0.717, 1.165) is 12.8 Å². The standard InChI is InChI=1S/C15H23Cl2N/c1-4-7-12(5-2)18-15(6-3)11-8-9-13(16)14(17)10-11/h8-10,12,15,18H,4-7H2,1-3H3. The van der Waals surface area contributed by atoms with Crippen LogP contribution in [0.3, 0.4) is 0 Å². The quantitative estimate of drug-likeness (QED) is 0.687. The lowest BCUT2D eigenvalue weighted by Gasteiger charge is -2.24. The fraction of sp³-hybridized carbons (Fsp3) is 0.600. The summed E-state index contributed by atoms with van der Waals surface area (Å²) in [6.07, 6.45) is 4.64. The minimum Gasteiger partial charge on any atom is -0.307 e. The molecule has 0 aliphatic heterocycles. The van der Waals surface area contributed by atoms with E-state index in [4.69, 9.17) is 23.2 Å². The van der Waals surface area contributed by atoms with Crippen molar-refractivity contribution < 1.29 is 0 Å². The maximum absolute atomic E-state index is 6.09. The van der Waals surface area contributed by atoms with Crippen LogP contribution in [0.15, 0.2) is 18.2 Å². The van der Waals surface area contributed by atoms with Gasteiger partial charge < -0.3 is 5.32 Å². The molecule has 0 fully saturated rings. The monoisotopic (exact) mass is 287 g/mol. The van der Waals surface area contributed by atoms with Gasteiger partial charge in [-0.2, -0.15) is 0 Å².